The van der Waals surface area contributed by atoms with Crippen LogP contribution in [0.5, 0.6) is 5.75 Å². The van der Waals surface area contributed by atoms with E-state index < -0.39 is 0 Å². The van der Waals surface area contributed by atoms with E-state index in [1.807, 2.05) is 13.8 Å². The van der Waals surface area contributed by atoms with Crippen LogP contribution in [0.4, 0.5) is 0 Å². The highest BCUT2D eigenvalue weighted by atomic mass is 16.3. The molecule has 3 rings (SSSR count). The van der Waals surface area contributed by atoms with Gasteiger partial charge in [-0.1, -0.05) is 36.4 Å². The largest absolute Gasteiger partial charge is 0.507 e. The summed E-state index contributed by atoms with van der Waals surface area (Å²) in [6.45, 7) is 3.96. The second kappa shape index (κ2) is 4.16. The van der Waals surface area contributed by atoms with Crippen LogP contribution in [-0.4, -0.2) is 5.11 Å². The number of hydrogen-bond donors (Lipinski definition) is 1. The van der Waals surface area contributed by atoms with Crippen LogP contribution < -0.4 is 0 Å². The minimum absolute atomic E-state index is 0.435. The molecule has 0 bridgehead atoms. The molecule has 18 heavy (non-hydrogen) atoms. The van der Waals surface area contributed by atoms with Crippen LogP contribution in [-0.2, 0) is 6.42 Å². The summed E-state index contributed by atoms with van der Waals surface area (Å²) in [4.78, 5) is 0. The van der Waals surface area contributed by atoms with Gasteiger partial charge in [-0.05, 0) is 54.5 Å². The number of aromatic hydroxyl groups is 1. The lowest BCUT2D eigenvalue weighted by Crippen LogP contribution is -1.98. The van der Waals surface area contributed by atoms with Crippen molar-refractivity contribution in [3.63, 3.8) is 0 Å². The second-order valence-corrected chi connectivity index (χ2v) is 5.29. The lowest BCUT2D eigenvalue weighted by molar-refractivity contribution is 0.466. The summed E-state index contributed by atoms with van der Waals surface area (Å²) in [5, 5.41) is 9.87. The Labute approximate surface area is 108 Å². The van der Waals surface area contributed by atoms with Gasteiger partial charge in [-0.15, -0.1) is 0 Å². The number of rotatable bonds is 1. The van der Waals surface area contributed by atoms with Gasteiger partial charge in [0.05, 0.1) is 0 Å². The third-order valence-electron chi connectivity index (χ3n) is 4.05. The molecule has 0 heterocycles. The maximum atomic E-state index is 9.87. The number of phenolic OH excluding ortho intramolecular Hbond substituents is 1. The highest BCUT2D eigenvalue weighted by Gasteiger charge is 2.24. The Kier molecular flexibility index (Phi) is 2.62. The fourth-order valence-electron chi connectivity index (χ4n) is 3.09. The number of fused-ring (bicyclic) bond motifs is 1. The zero-order valence-electron chi connectivity index (χ0n) is 10.9. The van der Waals surface area contributed by atoms with Crippen LogP contribution in [0.3, 0.4) is 0 Å². The number of aryl methyl sites for hydroxylation is 3. The van der Waals surface area contributed by atoms with Crippen molar-refractivity contribution >= 4 is 0 Å². The van der Waals surface area contributed by atoms with E-state index in [0.29, 0.717) is 11.7 Å². The van der Waals surface area contributed by atoms with Crippen molar-refractivity contribution in [1.29, 1.82) is 0 Å². The molecule has 2 aromatic carbocycles. The van der Waals surface area contributed by atoms with Crippen LogP contribution in [0.15, 0.2) is 36.4 Å². The molecule has 0 unspecified atom stereocenters. The third kappa shape index (κ3) is 1.71. The van der Waals surface area contributed by atoms with Crippen molar-refractivity contribution in [2.24, 2.45) is 0 Å². The third-order valence-corrected chi connectivity index (χ3v) is 4.05. The first-order chi connectivity index (χ1) is 8.66. The molecular formula is C17H18O. The van der Waals surface area contributed by atoms with E-state index in [4.69, 9.17) is 0 Å². The zero-order valence-corrected chi connectivity index (χ0v) is 10.9. The monoisotopic (exact) mass is 238 g/mol. The Morgan fingerprint density at radius 3 is 2.44 bits per heavy atom. The van der Waals surface area contributed by atoms with Gasteiger partial charge in [-0.2, -0.15) is 0 Å². The SMILES string of the molecule is Cc1cc([C@H]2CCc3ccccc32)cc(C)c1O. The smallest absolute Gasteiger partial charge is 0.121 e. The van der Waals surface area contributed by atoms with Crippen molar-refractivity contribution < 1.29 is 5.11 Å². The molecule has 0 aromatic heterocycles. The molecule has 1 aliphatic carbocycles. The molecule has 92 valence electrons. The van der Waals surface area contributed by atoms with Gasteiger partial charge in [0.15, 0.2) is 0 Å². The Hall–Kier alpha value is -1.76. The summed E-state index contributed by atoms with van der Waals surface area (Å²) >= 11 is 0. The molecule has 0 saturated carbocycles. The summed E-state index contributed by atoms with van der Waals surface area (Å²) in [5.74, 6) is 0.934. The van der Waals surface area contributed by atoms with E-state index in [1.54, 1.807) is 0 Å². The van der Waals surface area contributed by atoms with E-state index in [2.05, 4.69) is 36.4 Å². The molecule has 2 aromatic rings. The second-order valence-electron chi connectivity index (χ2n) is 5.29. The van der Waals surface area contributed by atoms with E-state index in [1.165, 1.54) is 29.5 Å². The molecule has 1 aliphatic rings. The fourth-order valence-corrected chi connectivity index (χ4v) is 3.09. The Morgan fingerprint density at radius 1 is 1.06 bits per heavy atom. The van der Waals surface area contributed by atoms with Crippen molar-refractivity contribution in [2.45, 2.75) is 32.6 Å². The van der Waals surface area contributed by atoms with Gasteiger partial charge >= 0.3 is 0 Å². The predicted molar refractivity (Wildman–Crippen MR) is 74.2 cm³/mol. The fraction of sp³-hybridized carbons (Fsp3) is 0.294. The van der Waals surface area contributed by atoms with Gasteiger partial charge in [0.1, 0.15) is 5.75 Å². The molecule has 0 radical (unpaired) electrons. The molecule has 1 atom stereocenters. The molecule has 0 spiro atoms. The highest BCUT2D eigenvalue weighted by molar-refractivity contribution is 5.48. The van der Waals surface area contributed by atoms with Gasteiger partial charge in [0, 0.05) is 5.92 Å². The molecule has 0 fully saturated rings. The summed E-state index contributed by atoms with van der Waals surface area (Å²) in [6, 6.07) is 13.0. The van der Waals surface area contributed by atoms with Crippen LogP contribution in [0.2, 0.25) is 0 Å². The van der Waals surface area contributed by atoms with Crippen molar-refractivity contribution in [2.75, 3.05) is 0 Å². The van der Waals surface area contributed by atoms with E-state index in [-0.39, 0.29) is 0 Å². The first kappa shape index (κ1) is 11.3. The van der Waals surface area contributed by atoms with Gasteiger partial charge in [0.2, 0.25) is 0 Å². The van der Waals surface area contributed by atoms with Crippen LogP contribution >= 0.6 is 0 Å². The first-order valence-electron chi connectivity index (χ1n) is 6.54. The minimum atomic E-state index is 0.435. The van der Waals surface area contributed by atoms with Gasteiger partial charge < -0.3 is 5.11 Å². The number of hydrogen-bond acceptors (Lipinski definition) is 1. The van der Waals surface area contributed by atoms with Crippen LogP contribution in [0.25, 0.3) is 0 Å². The Balaban J connectivity index is 2.08. The summed E-state index contributed by atoms with van der Waals surface area (Å²) < 4.78 is 0. The van der Waals surface area contributed by atoms with E-state index >= 15 is 0 Å². The molecule has 1 N–H and O–H groups in total. The molecule has 0 amide bonds. The summed E-state index contributed by atoms with van der Waals surface area (Å²) in [6.07, 6.45) is 2.35. The summed E-state index contributed by atoms with van der Waals surface area (Å²) in [5.41, 5.74) is 6.24. The van der Waals surface area contributed by atoms with E-state index in [0.717, 1.165) is 11.1 Å². The summed E-state index contributed by atoms with van der Waals surface area (Å²) in [7, 11) is 0. The standard InChI is InChI=1S/C17H18O/c1-11-9-14(10-12(2)17(11)18)16-8-7-13-5-3-4-6-15(13)16/h3-6,9-10,16,18H,7-8H2,1-2H3/t16-/m1/s1. The first-order valence-corrected chi connectivity index (χ1v) is 6.54. The van der Waals surface area contributed by atoms with Crippen molar-refractivity contribution in [3.05, 3.63) is 64.2 Å². The van der Waals surface area contributed by atoms with Gasteiger partial charge in [-0.3, -0.25) is 0 Å². The molecule has 0 saturated heterocycles. The maximum absolute atomic E-state index is 9.87. The topological polar surface area (TPSA) is 20.2 Å². The quantitative estimate of drug-likeness (QED) is 0.793. The lowest BCUT2D eigenvalue weighted by Gasteiger charge is -2.15. The number of benzene rings is 2. The van der Waals surface area contributed by atoms with Crippen molar-refractivity contribution in [3.8, 4) is 5.75 Å². The van der Waals surface area contributed by atoms with Crippen LogP contribution in [0, 0.1) is 13.8 Å². The number of phenols is 1. The zero-order chi connectivity index (χ0) is 12.7. The Morgan fingerprint density at radius 2 is 1.72 bits per heavy atom. The highest BCUT2D eigenvalue weighted by Crippen LogP contribution is 2.39. The molecule has 1 heteroatoms. The molecule has 1 nitrogen and oxygen atoms in total. The van der Waals surface area contributed by atoms with Gasteiger partial charge in [0.25, 0.3) is 0 Å². The van der Waals surface area contributed by atoms with E-state index in [9.17, 15) is 5.11 Å². The van der Waals surface area contributed by atoms with Crippen LogP contribution in [0.1, 0.15) is 40.2 Å². The normalized spacial score (nSPS) is 17.8. The average Bonchev–Trinajstić information content (AvgIpc) is 2.79. The molecule has 0 aliphatic heterocycles. The minimum Gasteiger partial charge on any atom is -0.507 e. The van der Waals surface area contributed by atoms with Crippen molar-refractivity contribution in [1.82, 2.24) is 0 Å². The molecular weight excluding hydrogens is 220 g/mol. The maximum Gasteiger partial charge on any atom is 0.121 e. The predicted octanol–water partition coefficient (Wildman–Crippen LogP) is 4.09. The average molecular weight is 238 g/mol. The Bertz CT molecular complexity index is 575. The lowest BCUT2D eigenvalue weighted by atomic mass is 9.90. The van der Waals surface area contributed by atoms with Gasteiger partial charge in [-0.25, -0.2) is 0 Å².